The lowest BCUT2D eigenvalue weighted by molar-refractivity contribution is -0.116. The number of Topliss-reactive ketones (excluding diaryl/α,β-unsaturated/α-hetero) is 1. The minimum Gasteiger partial charge on any atom is -0.490 e. The maximum absolute atomic E-state index is 15.5. The number of halogens is 1. The Balaban J connectivity index is 2.02. The van der Waals surface area contributed by atoms with Gasteiger partial charge in [-0.05, 0) is 65.2 Å². The first-order chi connectivity index (χ1) is 14.7. The van der Waals surface area contributed by atoms with Gasteiger partial charge in [-0.1, -0.05) is 23.8 Å². The minimum absolute atomic E-state index is 0.00375. The van der Waals surface area contributed by atoms with E-state index in [1.807, 2.05) is 33.8 Å². The van der Waals surface area contributed by atoms with Crippen LogP contribution in [0.15, 0.2) is 41.5 Å². The molecule has 5 nitrogen and oxygen atoms in total. The molecule has 0 bridgehead atoms. The second-order valence-electron chi connectivity index (χ2n) is 8.36. The Kier molecular flexibility index (Phi) is 6.39. The molecular weight excluding hydrogens is 395 g/mol. The van der Waals surface area contributed by atoms with Crippen molar-refractivity contribution in [2.45, 2.75) is 53.0 Å². The Bertz CT molecular complexity index is 999. The number of ketones is 1. The number of fused-ring (bicyclic) bond motifs is 2. The van der Waals surface area contributed by atoms with Gasteiger partial charge in [-0.15, -0.1) is 0 Å². The Morgan fingerprint density at radius 3 is 2.39 bits per heavy atom. The van der Waals surface area contributed by atoms with E-state index in [0.29, 0.717) is 23.5 Å². The van der Waals surface area contributed by atoms with Crippen molar-refractivity contribution in [3.63, 3.8) is 0 Å². The quantitative estimate of drug-likeness (QED) is 0.430. The molecule has 31 heavy (non-hydrogen) atoms. The third-order valence-electron chi connectivity index (χ3n) is 5.49. The lowest BCUT2D eigenvalue weighted by Crippen LogP contribution is -2.38. The number of carbonyl (C=O) groups is 1. The van der Waals surface area contributed by atoms with Gasteiger partial charge in [0.25, 0.3) is 0 Å². The summed E-state index contributed by atoms with van der Waals surface area (Å²) in [5.41, 5.74) is 2.70. The Hall–Kier alpha value is -2.89. The molecule has 0 saturated heterocycles. The van der Waals surface area contributed by atoms with Crippen LogP contribution in [-0.4, -0.2) is 36.3 Å². The molecule has 1 aromatic rings. The smallest absolute Gasteiger partial charge is 0.197 e. The number of nitrogens with zero attached hydrogens (tertiary/aromatic N) is 1. The first-order valence-corrected chi connectivity index (χ1v) is 10.7. The fourth-order valence-electron chi connectivity index (χ4n) is 4.15. The predicted molar refractivity (Wildman–Crippen MR) is 121 cm³/mol. The van der Waals surface area contributed by atoms with Crippen molar-refractivity contribution >= 4 is 11.6 Å². The van der Waals surface area contributed by atoms with Crippen molar-refractivity contribution in [2.24, 2.45) is 0 Å². The molecule has 1 spiro atoms. The molecule has 166 valence electrons. The Morgan fingerprint density at radius 1 is 1.23 bits per heavy atom. The molecule has 0 radical (unpaired) electrons. The van der Waals surface area contributed by atoms with Crippen LogP contribution in [0.5, 0.6) is 11.5 Å². The molecule has 0 atom stereocenters. The highest BCUT2D eigenvalue weighted by atomic mass is 19.1. The van der Waals surface area contributed by atoms with Crippen LogP contribution >= 0.6 is 0 Å². The molecular formula is C25H31FN2O3. The lowest BCUT2D eigenvalue weighted by Gasteiger charge is -2.26. The summed E-state index contributed by atoms with van der Waals surface area (Å²) in [5, 5.41) is 8.73. The average molecular weight is 427 g/mol. The van der Waals surface area contributed by atoms with Gasteiger partial charge in [0.05, 0.1) is 30.9 Å². The van der Waals surface area contributed by atoms with Crippen LogP contribution < -0.4 is 9.47 Å². The number of rotatable bonds is 9. The summed E-state index contributed by atoms with van der Waals surface area (Å²) in [6, 6.07) is 1.79. The van der Waals surface area contributed by atoms with Crippen LogP contribution in [0.1, 0.15) is 58.6 Å². The molecule has 1 saturated carbocycles. The summed E-state index contributed by atoms with van der Waals surface area (Å²) in [5.74, 6) is -0.307. The van der Waals surface area contributed by atoms with Crippen LogP contribution in [0.4, 0.5) is 4.39 Å². The fourth-order valence-corrected chi connectivity index (χ4v) is 4.15. The summed E-state index contributed by atoms with van der Waals surface area (Å²) in [7, 11) is 0. The second kappa shape index (κ2) is 8.69. The molecule has 2 aliphatic rings. The van der Waals surface area contributed by atoms with Crippen LogP contribution in [0, 0.1) is 11.2 Å². The number of ether oxygens (including phenoxy) is 2. The average Bonchev–Trinajstić information content (AvgIpc) is 3.44. The highest BCUT2D eigenvalue weighted by Gasteiger charge is 2.58. The van der Waals surface area contributed by atoms with Gasteiger partial charge in [0, 0.05) is 5.57 Å². The zero-order valence-electron chi connectivity index (χ0n) is 19.0. The van der Waals surface area contributed by atoms with Crippen molar-refractivity contribution < 1.29 is 18.7 Å². The molecule has 3 rings (SSSR count). The van der Waals surface area contributed by atoms with Crippen molar-refractivity contribution in [1.29, 1.82) is 5.41 Å². The molecule has 1 aliphatic heterocycles. The van der Waals surface area contributed by atoms with Crippen molar-refractivity contribution in [1.82, 2.24) is 4.90 Å². The van der Waals surface area contributed by atoms with E-state index in [1.165, 1.54) is 0 Å². The standard InChI is InChI=1S/C25H31FN2O3/c1-7-30-20-13-18-21(22(26)23(20)31-8-2)24(27)28(25(18)9-10-25)14-19(29)17(11-15(3)4)12-16(5)6/h11-13,27H,3,7-10,14H2,1-2,4-6H3/b17-11+,27-24?. The topological polar surface area (TPSA) is 62.6 Å². The van der Waals surface area contributed by atoms with Gasteiger partial charge in [-0.2, -0.15) is 0 Å². The first kappa shape index (κ1) is 22.8. The van der Waals surface area contributed by atoms with E-state index in [0.717, 1.165) is 24.0 Å². The molecule has 6 heteroatoms. The van der Waals surface area contributed by atoms with Gasteiger partial charge in [-0.3, -0.25) is 10.2 Å². The van der Waals surface area contributed by atoms with Gasteiger partial charge < -0.3 is 14.4 Å². The molecule has 0 amide bonds. The third-order valence-corrected chi connectivity index (χ3v) is 5.49. The summed E-state index contributed by atoms with van der Waals surface area (Å²) in [6.45, 7) is 13.8. The zero-order valence-corrected chi connectivity index (χ0v) is 19.0. The highest BCUT2D eigenvalue weighted by Crippen LogP contribution is 2.58. The molecule has 1 aromatic carbocycles. The minimum atomic E-state index is -0.587. The summed E-state index contributed by atoms with van der Waals surface area (Å²) < 4.78 is 26.7. The molecule has 1 aliphatic carbocycles. The number of benzene rings is 1. The summed E-state index contributed by atoms with van der Waals surface area (Å²) in [4.78, 5) is 14.9. The predicted octanol–water partition coefficient (Wildman–Crippen LogP) is 5.29. The number of carbonyl (C=O) groups excluding carboxylic acids is 1. The number of hydrogen-bond acceptors (Lipinski definition) is 4. The SMILES string of the molecule is C=C(C)/C=C(\C=C(C)C)C(=O)CN1C(=N)c2c(cc(OCC)c(OCC)c2F)C12CC2. The van der Waals surface area contributed by atoms with E-state index >= 15 is 4.39 Å². The molecule has 1 N–H and O–H groups in total. The number of amidine groups is 1. The van der Waals surface area contributed by atoms with E-state index < -0.39 is 11.4 Å². The van der Waals surface area contributed by atoms with Gasteiger partial charge in [-0.25, -0.2) is 4.39 Å². The normalized spacial score (nSPS) is 16.3. The molecule has 1 fully saturated rings. The van der Waals surface area contributed by atoms with E-state index in [4.69, 9.17) is 14.9 Å². The highest BCUT2D eigenvalue weighted by molar-refractivity contribution is 6.08. The lowest BCUT2D eigenvalue weighted by atomic mass is 10.0. The van der Waals surface area contributed by atoms with Crippen molar-refractivity contribution in [2.75, 3.05) is 19.8 Å². The van der Waals surface area contributed by atoms with Gasteiger partial charge >= 0.3 is 0 Å². The van der Waals surface area contributed by atoms with Gasteiger partial charge in [0.15, 0.2) is 23.1 Å². The van der Waals surface area contributed by atoms with E-state index in [2.05, 4.69) is 6.58 Å². The number of hydrogen-bond donors (Lipinski definition) is 1. The van der Waals surface area contributed by atoms with Crippen LogP contribution in [0.2, 0.25) is 0 Å². The molecule has 1 heterocycles. The van der Waals surface area contributed by atoms with E-state index in [-0.39, 0.29) is 36.1 Å². The maximum atomic E-state index is 15.5. The Morgan fingerprint density at radius 2 is 1.87 bits per heavy atom. The monoisotopic (exact) mass is 426 g/mol. The van der Waals surface area contributed by atoms with Gasteiger partial charge in [0.2, 0.25) is 0 Å². The number of nitrogens with one attached hydrogen (secondary N) is 1. The molecule has 0 unspecified atom stereocenters. The second-order valence-corrected chi connectivity index (χ2v) is 8.36. The third kappa shape index (κ3) is 4.16. The van der Waals surface area contributed by atoms with Crippen molar-refractivity contribution in [3.8, 4) is 11.5 Å². The van der Waals surface area contributed by atoms with Crippen molar-refractivity contribution in [3.05, 3.63) is 58.5 Å². The Labute approximate surface area is 183 Å². The summed E-state index contributed by atoms with van der Waals surface area (Å²) >= 11 is 0. The largest absolute Gasteiger partial charge is 0.490 e. The van der Waals surface area contributed by atoms with Gasteiger partial charge in [0.1, 0.15) is 5.84 Å². The summed E-state index contributed by atoms with van der Waals surface area (Å²) in [6.07, 6.45) is 5.10. The maximum Gasteiger partial charge on any atom is 0.197 e. The number of allylic oxidation sites excluding steroid dienone is 4. The van der Waals surface area contributed by atoms with Crippen LogP contribution in [-0.2, 0) is 10.3 Å². The van der Waals surface area contributed by atoms with E-state index in [9.17, 15) is 4.79 Å². The fraction of sp³-hybridized carbons (Fsp3) is 0.440. The van der Waals surface area contributed by atoms with E-state index in [1.54, 1.807) is 24.0 Å². The van der Waals surface area contributed by atoms with Crippen LogP contribution in [0.25, 0.3) is 0 Å². The van der Waals surface area contributed by atoms with Crippen LogP contribution in [0.3, 0.4) is 0 Å². The molecule has 0 aromatic heterocycles. The first-order valence-electron chi connectivity index (χ1n) is 10.7. The zero-order chi connectivity index (χ0) is 22.9.